The first-order valence-electron chi connectivity index (χ1n) is 12.3. The van der Waals surface area contributed by atoms with E-state index in [0.29, 0.717) is 57.3 Å². The Morgan fingerprint density at radius 2 is 1.57 bits per heavy atom. The average molecular weight is 606 g/mol. The molecular formula is C29H28BrN5O5. The Balaban J connectivity index is 1.61. The molecular weight excluding hydrogens is 578 g/mol. The third kappa shape index (κ3) is 4.95. The molecule has 2 heterocycles. The molecule has 10 nitrogen and oxygen atoms in total. The molecule has 40 heavy (non-hydrogen) atoms. The lowest BCUT2D eigenvalue weighted by Gasteiger charge is -2.29. The Morgan fingerprint density at radius 3 is 2.20 bits per heavy atom. The molecule has 3 aromatic carbocycles. The van der Waals surface area contributed by atoms with Crippen LogP contribution in [0.3, 0.4) is 0 Å². The number of hydrogen-bond donors (Lipinski definition) is 2. The van der Waals surface area contributed by atoms with E-state index in [1.165, 1.54) is 0 Å². The third-order valence-corrected chi connectivity index (χ3v) is 7.09. The number of carbonyl (C=O) groups excluding carboxylic acids is 1. The molecule has 0 saturated carbocycles. The highest BCUT2D eigenvalue weighted by Crippen LogP contribution is 2.42. The number of halogens is 1. The largest absolute Gasteiger partial charge is 0.495 e. The van der Waals surface area contributed by atoms with Crippen molar-refractivity contribution in [2.75, 3.05) is 39.1 Å². The van der Waals surface area contributed by atoms with E-state index >= 15 is 0 Å². The Kier molecular flexibility index (Phi) is 7.65. The van der Waals surface area contributed by atoms with Gasteiger partial charge >= 0.3 is 0 Å². The highest BCUT2D eigenvalue weighted by atomic mass is 79.9. The maximum Gasteiger partial charge on any atom is 0.255 e. The first-order valence-corrected chi connectivity index (χ1v) is 13.1. The van der Waals surface area contributed by atoms with Crippen molar-refractivity contribution in [2.45, 2.75) is 13.0 Å². The predicted molar refractivity (Wildman–Crippen MR) is 155 cm³/mol. The molecule has 0 radical (unpaired) electrons. The fraction of sp³-hybridized carbons (Fsp3) is 0.207. The first-order chi connectivity index (χ1) is 19.4. The molecule has 4 aromatic rings. The molecule has 1 aromatic heterocycles. The van der Waals surface area contributed by atoms with Gasteiger partial charge in [0.2, 0.25) is 11.7 Å². The molecule has 2 N–H and O–H groups in total. The minimum absolute atomic E-state index is 0.294. The summed E-state index contributed by atoms with van der Waals surface area (Å²) in [5, 5.41) is 11.1. The number of anilines is 2. The van der Waals surface area contributed by atoms with Gasteiger partial charge in [-0.1, -0.05) is 40.2 Å². The first kappa shape index (κ1) is 27.1. The summed E-state index contributed by atoms with van der Waals surface area (Å²) in [6, 6.07) is 18.0. The van der Waals surface area contributed by atoms with Crippen LogP contribution in [-0.4, -0.2) is 49.1 Å². The number of fused-ring (bicyclic) bond motifs is 1. The molecule has 0 spiro atoms. The zero-order valence-corrected chi connectivity index (χ0v) is 24.2. The number of carbonyl (C=O) groups is 1. The van der Waals surface area contributed by atoms with Crippen molar-refractivity contribution in [1.29, 1.82) is 0 Å². The van der Waals surface area contributed by atoms with Crippen LogP contribution in [0.25, 0.3) is 11.4 Å². The van der Waals surface area contributed by atoms with Crippen LogP contribution in [0.2, 0.25) is 0 Å². The molecule has 0 fully saturated rings. The van der Waals surface area contributed by atoms with Crippen molar-refractivity contribution in [3.63, 3.8) is 0 Å². The number of ether oxygens (including phenoxy) is 4. The Labute approximate surface area is 240 Å². The van der Waals surface area contributed by atoms with E-state index < -0.39 is 6.04 Å². The average Bonchev–Trinajstić information content (AvgIpc) is 3.40. The lowest BCUT2D eigenvalue weighted by atomic mass is 9.95. The van der Waals surface area contributed by atoms with Crippen LogP contribution < -0.4 is 29.6 Å². The maximum absolute atomic E-state index is 13.8. The van der Waals surface area contributed by atoms with Crippen molar-refractivity contribution >= 4 is 33.5 Å². The van der Waals surface area contributed by atoms with E-state index in [-0.39, 0.29) is 5.91 Å². The molecule has 11 heteroatoms. The van der Waals surface area contributed by atoms with Crippen LogP contribution in [-0.2, 0) is 4.79 Å². The molecule has 0 bridgehead atoms. The number of methoxy groups -OCH3 is 4. The van der Waals surface area contributed by atoms with Gasteiger partial charge in [0.05, 0.1) is 39.7 Å². The Morgan fingerprint density at radius 1 is 0.925 bits per heavy atom. The summed E-state index contributed by atoms with van der Waals surface area (Å²) in [4.78, 5) is 18.6. The van der Waals surface area contributed by atoms with Crippen molar-refractivity contribution in [1.82, 2.24) is 14.8 Å². The highest BCUT2D eigenvalue weighted by molar-refractivity contribution is 9.10. The number of aromatic nitrogens is 3. The van der Waals surface area contributed by atoms with Crippen molar-refractivity contribution in [3.8, 4) is 34.4 Å². The summed E-state index contributed by atoms with van der Waals surface area (Å²) < 4.78 is 24.6. The smallest absolute Gasteiger partial charge is 0.255 e. The number of nitrogens with zero attached hydrogens (tertiary/aromatic N) is 3. The van der Waals surface area contributed by atoms with Crippen LogP contribution in [0.15, 0.2) is 76.4 Å². The van der Waals surface area contributed by atoms with Crippen LogP contribution in [0, 0.1) is 0 Å². The number of rotatable bonds is 8. The molecule has 0 aliphatic carbocycles. The van der Waals surface area contributed by atoms with Gasteiger partial charge in [-0.2, -0.15) is 4.98 Å². The van der Waals surface area contributed by atoms with E-state index in [1.807, 2.05) is 43.3 Å². The number of amides is 1. The number of allylic oxidation sites excluding steroid dienone is 1. The third-order valence-electron chi connectivity index (χ3n) is 6.56. The summed E-state index contributed by atoms with van der Waals surface area (Å²) in [7, 11) is 6.22. The summed E-state index contributed by atoms with van der Waals surface area (Å²) in [6.45, 7) is 1.85. The van der Waals surface area contributed by atoms with Crippen LogP contribution in [0.1, 0.15) is 18.5 Å². The van der Waals surface area contributed by atoms with E-state index in [2.05, 4.69) is 26.6 Å². The minimum atomic E-state index is -0.567. The van der Waals surface area contributed by atoms with Gasteiger partial charge < -0.3 is 29.6 Å². The zero-order chi connectivity index (χ0) is 28.4. The summed E-state index contributed by atoms with van der Waals surface area (Å²) in [5.74, 6) is 2.60. The van der Waals surface area contributed by atoms with E-state index in [0.717, 1.165) is 10.0 Å². The fourth-order valence-electron chi connectivity index (χ4n) is 4.67. The van der Waals surface area contributed by atoms with Crippen LogP contribution in [0.5, 0.6) is 23.0 Å². The van der Waals surface area contributed by atoms with E-state index in [9.17, 15) is 4.79 Å². The van der Waals surface area contributed by atoms with Crippen LogP contribution >= 0.6 is 15.9 Å². The Hall–Kier alpha value is -4.51. The highest BCUT2D eigenvalue weighted by Gasteiger charge is 2.35. The van der Waals surface area contributed by atoms with Gasteiger partial charge in [0, 0.05) is 15.7 Å². The van der Waals surface area contributed by atoms with Gasteiger partial charge in [-0.25, -0.2) is 4.68 Å². The summed E-state index contributed by atoms with van der Waals surface area (Å²) >= 11 is 3.50. The summed E-state index contributed by atoms with van der Waals surface area (Å²) in [5.41, 5.74) is 3.22. The number of hydrogen-bond acceptors (Lipinski definition) is 8. The second kappa shape index (κ2) is 11.3. The zero-order valence-electron chi connectivity index (χ0n) is 22.6. The molecule has 5 rings (SSSR count). The second-order valence-corrected chi connectivity index (χ2v) is 9.81. The number of benzene rings is 3. The fourth-order valence-corrected chi connectivity index (χ4v) is 4.93. The quantitative estimate of drug-likeness (QED) is 0.264. The predicted octanol–water partition coefficient (Wildman–Crippen LogP) is 5.67. The van der Waals surface area contributed by atoms with Crippen molar-refractivity contribution < 1.29 is 23.7 Å². The monoisotopic (exact) mass is 605 g/mol. The molecule has 1 amide bonds. The normalized spacial score (nSPS) is 14.2. The summed E-state index contributed by atoms with van der Waals surface area (Å²) in [6.07, 6.45) is 0. The molecule has 0 saturated heterocycles. The standard InChI is InChI=1S/C29H28BrN5O5/c1-16-24(28(36)32-20-8-6-7-9-21(20)37-2)25(17-10-12-19(30)13-11-17)35-29(31-16)33-27(34-35)18-14-22(38-3)26(40-5)23(15-18)39-4/h6-15,25H,1-5H3,(H,32,36)(H,31,33,34). The number of para-hydroxylation sites is 2. The van der Waals surface area contributed by atoms with Gasteiger partial charge in [-0.15, -0.1) is 5.10 Å². The molecule has 1 atom stereocenters. The van der Waals surface area contributed by atoms with Crippen LogP contribution in [0.4, 0.5) is 11.6 Å². The lowest BCUT2D eigenvalue weighted by molar-refractivity contribution is -0.113. The second-order valence-electron chi connectivity index (χ2n) is 8.89. The minimum Gasteiger partial charge on any atom is -0.495 e. The van der Waals surface area contributed by atoms with Crippen molar-refractivity contribution in [3.05, 3.63) is 82.0 Å². The van der Waals surface area contributed by atoms with Gasteiger partial charge in [0.15, 0.2) is 17.3 Å². The molecule has 206 valence electrons. The van der Waals surface area contributed by atoms with Crippen molar-refractivity contribution in [2.24, 2.45) is 0 Å². The van der Waals surface area contributed by atoms with Gasteiger partial charge in [-0.3, -0.25) is 4.79 Å². The molecule has 1 aliphatic heterocycles. The maximum atomic E-state index is 13.8. The van der Waals surface area contributed by atoms with Gasteiger partial charge in [0.25, 0.3) is 5.91 Å². The number of nitrogens with one attached hydrogen (secondary N) is 2. The van der Waals surface area contributed by atoms with Gasteiger partial charge in [-0.05, 0) is 48.9 Å². The molecule has 1 aliphatic rings. The van der Waals surface area contributed by atoms with Gasteiger partial charge in [0.1, 0.15) is 11.8 Å². The lowest BCUT2D eigenvalue weighted by Crippen LogP contribution is -2.31. The van der Waals surface area contributed by atoms with E-state index in [1.54, 1.807) is 57.4 Å². The molecule has 1 unspecified atom stereocenters. The SMILES string of the molecule is COc1ccccc1NC(=O)C1=C(C)Nc2nc(-c3cc(OC)c(OC)c(OC)c3)nn2C1c1ccc(Br)cc1. The Bertz CT molecular complexity index is 1570. The topological polar surface area (TPSA) is 109 Å². The van der Waals surface area contributed by atoms with E-state index in [4.69, 9.17) is 29.0 Å².